The molecule has 0 N–H and O–H groups in total. The van der Waals surface area contributed by atoms with E-state index in [2.05, 4.69) is 36.2 Å². The molecule has 148 valence electrons. The van der Waals surface area contributed by atoms with Crippen molar-refractivity contribution >= 4 is 17.5 Å². The first kappa shape index (κ1) is 19.9. The zero-order valence-corrected chi connectivity index (χ0v) is 17.2. The number of rotatable bonds is 7. The largest absolute Gasteiger partial charge is 0.471 e. The number of ether oxygens (including phenoxy) is 1. The normalized spacial score (nSPS) is 11.1. The zero-order chi connectivity index (χ0) is 20.3. The Morgan fingerprint density at radius 2 is 1.96 bits per heavy atom. The predicted molar refractivity (Wildman–Crippen MR) is 107 cm³/mol. The Bertz CT molecular complexity index is 926. The molecule has 3 aromatic rings. The molecule has 1 aromatic carbocycles. The van der Waals surface area contributed by atoms with Crippen molar-refractivity contribution in [3.05, 3.63) is 64.7 Å². The minimum Gasteiger partial charge on any atom is -0.471 e. The van der Waals surface area contributed by atoms with Crippen molar-refractivity contribution in [1.29, 1.82) is 0 Å². The molecule has 0 saturated heterocycles. The monoisotopic (exact) mass is 401 g/mol. The Morgan fingerprint density at radius 1 is 1.25 bits per heavy atom. The second kappa shape index (κ2) is 8.48. The van der Waals surface area contributed by atoms with E-state index in [9.17, 15) is 4.79 Å². The molecular formula is C20H24ClN5O2. The number of hydrogen-bond donors (Lipinski definition) is 0. The highest BCUT2D eigenvalue weighted by Crippen LogP contribution is 2.19. The third kappa shape index (κ3) is 4.54. The van der Waals surface area contributed by atoms with Gasteiger partial charge in [0.2, 0.25) is 0 Å². The molecule has 0 bridgehead atoms. The summed E-state index contributed by atoms with van der Waals surface area (Å²) in [6.45, 7) is 4.88. The van der Waals surface area contributed by atoms with Crippen LogP contribution in [0.4, 0.5) is 0 Å². The van der Waals surface area contributed by atoms with Crippen LogP contribution in [0.2, 0.25) is 5.02 Å². The van der Waals surface area contributed by atoms with Gasteiger partial charge in [0.25, 0.3) is 5.91 Å². The number of benzene rings is 1. The fourth-order valence-electron chi connectivity index (χ4n) is 2.74. The summed E-state index contributed by atoms with van der Waals surface area (Å²) in [6, 6.07) is 9.66. The van der Waals surface area contributed by atoms with Crippen molar-refractivity contribution in [3.63, 3.8) is 0 Å². The molecule has 2 aromatic heterocycles. The lowest BCUT2D eigenvalue weighted by Gasteiger charge is -2.16. The lowest BCUT2D eigenvalue weighted by atomic mass is 10.0. The number of amides is 1. The molecule has 0 aliphatic heterocycles. The van der Waals surface area contributed by atoms with Crippen LogP contribution in [0, 0.1) is 0 Å². The first-order valence-corrected chi connectivity index (χ1v) is 9.41. The minimum absolute atomic E-state index is 0.197. The fourth-order valence-corrected chi connectivity index (χ4v) is 2.97. The maximum atomic E-state index is 12.6. The molecule has 0 aliphatic carbocycles. The molecule has 0 saturated carbocycles. The van der Waals surface area contributed by atoms with E-state index in [1.54, 1.807) is 46.8 Å². The van der Waals surface area contributed by atoms with Gasteiger partial charge < -0.3 is 9.64 Å². The molecule has 8 heteroatoms. The van der Waals surface area contributed by atoms with Crippen LogP contribution in [0.15, 0.2) is 42.7 Å². The summed E-state index contributed by atoms with van der Waals surface area (Å²) >= 11 is 6.11. The molecule has 0 unspecified atom stereocenters. The summed E-state index contributed by atoms with van der Waals surface area (Å²) < 4.78 is 8.99. The van der Waals surface area contributed by atoms with E-state index in [1.165, 1.54) is 5.56 Å². The van der Waals surface area contributed by atoms with Gasteiger partial charge in [-0.25, -0.2) is 4.68 Å². The quantitative estimate of drug-likeness (QED) is 0.605. The number of carbonyl (C=O) groups excluding carboxylic acids is 1. The van der Waals surface area contributed by atoms with Gasteiger partial charge in [-0.15, -0.1) is 0 Å². The average molecular weight is 402 g/mol. The van der Waals surface area contributed by atoms with Gasteiger partial charge in [-0.3, -0.25) is 9.48 Å². The van der Waals surface area contributed by atoms with E-state index >= 15 is 0 Å². The van der Waals surface area contributed by atoms with Crippen molar-refractivity contribution < 1.29 is 9.53 Å². The van der Waals surface area contributed by atoms with Gasteiger partial charge in [-0.05, 0) is 29.7 Å². The van der Waals surface area contributed by atoms with E-state index in [0.717, 1.165) is 11.4 Å². The second-order valence-corrected chi connectivity index (χ2v) is 7.37. The van der Waals surface area contributed by atoms with Gasteiger partial charge in [-0.1, -0.05) is 37.6 Å². The Kier molecular flexibility index (Phi) is 6.04. The van der Waals surface area contributed by atoms with E-state index in [1.807, 2.05) is 12.1 Å². The van der Waals surface area contributed by atoms with Crippen LogP contribution in [-0.2, 0) is 20.3 Å². The van der Waals surface area contributed by atoms with Crippen molar-refractivity contribution in [2.45, 2.75) is 33.0 Å². The van der Waals surface area contributed by atoms with Gasteiger partial charge >= 0.3 is 0 Å². The molecular weight excluding hydrogens is 378 g/mol. The second-order valence-electron chi connectivity index (χ2n) is 6.96. The summed E-state index contributed by atoms with van der Waals surface area (Å²) in [6.07, 6.45) is 3.29. The molecule has 0 spiro atoms. The molecule has 0 radical (unpaired) electrons. The summed E-state index contributed by atoms with van der Waals surface area (Å²) in [5.41, 5.74) is 2.38. The summed E-state index contributed by atoms with van der Waals surface area (Å²) in [5, 5.41) is 8.93. The Hall–Kier alpha value is -2.80. The number of halogens is 1. The molecule has 0 fully saturated rings. The van der Waals surface area contributed by atoms with E-state index in [4.69, 9.17) is 16.3 Å². The van der Waals surface area contributed by atoms with Crippen molar-refractivity contribution in [2.75, 3.05) is 7.05 Å². The lowest BCUT2D eigenvalue weighted by Crippen LogP contribution is -2.28. The van der Waals surface area contributed by atoms with Gasteiger partial charge in [-0.2, -0.15) is 10.2 Å². The number of aromatic nitrogens is 4. The lowest BCUT2D eigenvalue weighted by molar-refractivity contribution is 0.0774. The maximum Gasteiger partial charge on any atom is 0.274 e. The highest BCUT2D eigenvalue weighted by atomic mass is 35.5. The SMILES string of the molecule is CC(C)c1ccc(OCn2ccc(C(=O)N(C)Cc3c(Cl)cnn3C)n2)cc1. The molecule has 1 amide bonds. The number of aryl methyl sites for hydroxylation is 1. The van der Waals surface area contributed by atoms with Crippen LogP contribution in [-0.4, -0.2) is 37.4 Å². The van der Waals surface area contributed by atoms with E-state index in [0.29, 0.717) is 23.2 Å². The van der Waals surface area contributed by atoms with Gasteiger partial charge in [0.05, 0.1) is 23.5 Å². The molecule has 3 rings (SSSR count). The molecule has 2 heterocycles. The van der Waals surface area contributed by atoms with Gasteiger partial charge in [0.15, 0.2) is 12.4 Å². The number of hydrogen-bond acceptors (Lipinski definition) is 4. The van der Waals surface area contributed by atoms with Crippen molar-refractivity contribution in [2.24, 2.45) is 7.05 Å². The molecule has 0 aliphatic rings. The Morgan fingerprint density at radius 3 is 2.57 bits per heavy atom. The van der Waals surface area contributed by atoms with Crippen LogP contribution in [0.1, 0.15) is 41.5 Å². The summed E-state index contributed by atoms with van der Waals surface area (Å²) in [7, 11) is 3.50. The van der Waals surface area contributed by atoms with Crippen LogP contribution >= 0.6 is 11.6 Å². The minimum atomic E-state index is -0.197. The van der Waals surface area contributed by atoms with Crippen molar-refractivity contribution in [3.8, 4) is 5.75 Å². The fraction of sp³-hybridized carbons (Fsp3) is 0.350. The molecule has 7 nitrogen and oxygen atoms in total. The van der Waals surface area contributed by atoms with Crippen LogP contribution in [0.3, 0.4) is 0 Å². The highest BCUT2D eigenvalue weighted by molar-refractivity contribution is 6.31. The highest BCUT2D eigenvalue weighted by Gasteiger charge is 2.18. The van der Waals surface area contributed by atoms with E-state index < -0.39 is 0 Å². The molecule has 0 atom stereocenters. The van der Waals surface area contributed by atoms with Crippen LogP contribution in [0.5, 0.6) is 5.75 Å². The van der Waals surface area contributed by atoms with Crippen molar-refractivity contribution in [1.82, 2.24) is 24.5 Å². The average Bonchev–Trinajstić information content (AvgIpc) is 3.28. The third-order valence-corrected chi connectivity index (χ3v) is 4.83. The number of carbonyl (C=O) groups is 1. The predicted octanol–water partition coefficient (Wildman–Crippen LogP) is 3.70. The summed E-state index contributed by atoms with van der Waals surface area (Å²) in [4.78, 5) is 14.2. The topological polar surface area (TPSA) is 65.2 Å². The van der Waals surface area contributed by atoms with E-state index in [-0.39, 0.29) is 12.6 Å². The number of nitrogens with zero attached hydrogens (tertiary/aromatic N) is 5. The Labute approximate surface area is 169 Å². The van der Waals surface area contributed by atoms with Gasteiger partial charge in [0, 0.05) is 20.3 Å². The smallest absolute Gasteiger partial charge is 0.274 e. The zero-order valence-electron chi connectivity index (χ0n) is 16.5. The van der Waals surface area contributed by atoms with Crippen LogP contribution < -0.4 is 4.74 Å². The molecule has 28 heavy (non-hydrogen) atoms. The first-order valence-electron chi connectivity index (χ1n) is 9.03. The third-order valence-electron chi connectivity index (χ3n) is 4.51. The first-order chi connectivity index (χ1) is 13.3. The van der Waals surface area contributed by atoms with Crippen LogP contribution in [0.25, 0.3) is 0 Å². The summed E-state index contributed by atoms with van der Waals surface area (Å²) in [5.74, 6) is 1.04. The maximum absolute atomic E-state index is 12.6. The Balaban J connectivity index is 1.59. The standard InChI is InChI=1S/C20H24ClN5O2/c1-14(2)15-5-7-16(8-6-15)28-13-26-10-9-18(23-26)20(27)24(3)12-19-17(21)11-22-25(19)4/h5-11,14H,12-13H2,1-4H3. The van der Waals surface area contributed by atoms with Gasteiger partial charge in [0.1, 0.15) is 5.75 Å².